The fourth-order valence-electron chi connectivity index (χ4n) is 2.75. The molecule has 1 heterocycles. The highest BCUT2D eigenvalue weighted by Gasteiger charge is 2.23. The van der Waals surface area contributed by atoms with Crippen LogP contribution in [0, 0.1) is 6.92 Å². The number of aryl methyl sites for hydroxylation is 1. The number of para-hydroxylation sites is 1. The van der Waals surface area contributed by atoms with E-state index in [1.807, 2.05) is 31.2 Å². The van der Waals surface area contributed by atoms with Gasteiger partial charge in [0.2, 0.25) is 5.56 Å². The minimum Gasteiger partial charge on any atom is -0.496 e. The Hall–Kier alpha value is -2.60. The first kappa shape index (κ1) is 18.7. The Morgan fingerprint density at radius 2 is 1.96 bits per heavy atom. The van der Waals surface area contributed by atoms with Crippen LogP contribution in [0.25, 0.3) is 0 Å². The van der Waals surface area contributed by atoms with Crippen molar-refractivity contribution < 1.29 is 14.3 Å². The van der Waals surface area contributed by atoms with Crippen LogP contribution in [0.15, 0.2) is 41.2 Å². The van der Waals surface area contributed by atoms with Gasteiger partial charge >= 0.3 is 0 Å². The molecular weight excluding hydrogens is 320 g/mol. The summed E-state index contributed by atoms with van der Waals surface area (Å²) in [4.78, 5) is 29.1. The van der Waals surface area contributed by atoms with Crippen LogP contribution < -0.4 is 10.3 Å². The highest BCUT2D eigenvalue weighted by molar-refractivity contribution is 5.94. The molecule has 1 atom stereocenters. The maximum absolute atomic E-state index is 13.0. The third kappa shape index (κ3) is 4.70. The van der Waals surface area contributed by atoms with Gasteiger partial charge in [0.25, 0.3) is 5.91 Å². The first-order valence-electron chi connectivity index (χ1n) is 8.09. The molecule has 0 fully saturated rings. The molecule has 1 amide bonds. The van der Waals surface area contributed by atoms with Gasteiger partial charge in [0.1, 0.15) is 5.75 Å². The summed E-state index contributed by atoms with van der Waals surface area (Å²) >= 11 is 0. The maximum Gasteiger partial charge on any atom is 0.254 e. The van der Waals surface area contributed by atoms with E-state index in [1.165, 1.54) is 6.07 Å². The van der Waals surface area contributed by atoms with E-state index in [9.17, 15) is 9.59 Å². The van der Waals surface area contributed by atoms with Crippen molar-refractivity contribution in [1.29, 1.82) is 0 Å². The maximum atomic E-state index is 13.0. The molecule has 0 radical (unpaired) electrons. The molecule has 6 nitrogen and oxygen atoms in total. The lowest BCUT2D eigenvalue weighted by Gasteiger charge is -2.29. The van der Waals surface area contributed by atoms with Crippen LogP contribution in [0.4, 0.5) is 0 Å². The largest absolute Gasteiger partial charge is 0.496 e. The van der Waals surface area contributed by atoms with Gasteiger partial charge in [0.05, 0.1) is 26.3 Å². The molecule has 1 N–H and O–H groups in total. The van der Waals surface area contributed by atoms with Crippen molar-refractivity contribution in [2.75, 3.05) is 20.8 Å². The summed E-state index contributed by atoms with van der Waals surface area (Å²) in [5, 5.41) is 0. The van der Waals surface area contributed by atoms with E-state index in [0.717, 1.165) is 5.56 Å². The quantitative estimate of drug-likeness (QED) is 0.837. The summed E-state index contributed by atoms with van der Waals surface area (Å²) in [7, 11) is 3.20. The van der Waals surface area contributed by atoms with Crippen LogP contribution in [0.1, 0.15) is 28.5 Å². The smallest absolute Gasteiger partial charge is 0.254 e. The van der Waals surface area contributed by atoms with Crippen LogP contribution in [0.3, 0.4) is 0 Å². The number of ether oxygens (including phenoxy) is 2. The normalized spacial score (nSPS) is 11.8. The lowest BCUT2D eigenvalue weighted by atomic mass is 10.1. The van der Waals surface area contributed by atoms with Crippen LogP contribution in [-0.2, 0) is 11.3 Å². The number of hydrogen-bond donors (Lipinski definition) is 1. The average molecular weight is 344 g/mol. The molecule has 0 aliphatic carbocycles. The lowest BCUT2D eigenvalue weighted by molar-refractivity contribution is 0.0540. The van der Waals surface area contributed by atoms with E-state index in [1.54, 1.807) is 32.1 Å². The van der Waals surface area contributed by atoms with Gasteiger partial charge in [-0.25, -0.2) is 0 Å². The molecule has 0 saturated carbocycles. The SMILES string of the molecule is COCC(C)N(Cc1ccccc1OC)C(=O)c1cc(C)[nH]c(=O)c1. The number of aromatic amines is 1. The zero-order valence-corrected chi connectivity index (χ0v) is 15.0. The second-order valence-electron chi connectivity index (χ2n) is 5.97. The Balaban J connectivity index is 2.38. The summed E-state index contributed by atoms with van der Waals surface area (Å²) in [5.74, 6) is 0.497. The van der Waals surface area contributed by atoms with Gasteiger partial charge in [-0.1, -0.05) is 18.2 Å². The summed E-state index contributed by atoms with van der Waals surface area (Å²) in [6.07, 6.45) is 0. The third-order valence-corrected chi connectivity index (χ3v) is 3.96. The van der Waals surface area contributed by atoms with E-state index in [0.29, 0.717) is 30.2 Å². The van der Waals surface area contributed by atoms with Gasteiger partial charge in [0.15, 0.2) is 0 Å². The molecule has 6 heteroatoms. The molecule has 0 bridgehead atoms. The Morgan fingerprint density at radius 1 is 1.24 bits per heavy atom. The van der Waals surface area contributed by atoms with Crippen molar-refractivity contribution in [2.24, 2.45) is 0 Å². The van der Waals surface area contributed by atoms with Gasteiger partial charge in [-0.2, -0.15) is 0 Å². The van der Waals surface area contributed by atoms with Crippen LogP contribution in [0.2, 0.25) is 0 Å². The van der Waals surface area contributed by atoms with Crippen molar-refractivity contribution in [2.45, 2.75) is 26.4 Å². The highest BCUT2D eigenvalue weighted by atomic mass is 16.5. The molecule has 1 unspecified atom stereocenters. The molecule has 25 heavy (non-hydrogen) atoms. The first-order valence-corrected chi connectivity index (χ1v) is 8.09. The number of aromatic nitrogens is 1. The number of carbonyl (C=O) groups is 1. The van der Waals surface area contributed by atoms with Crippen molar-refractivity contribution in [3.05, 3.63) is 63.6 Å². The van der Waals surface area contributed by atoms with E-state index >= 15 is 0 Å². The molecule has 0 saturated heterocycles. The number of rotatable bonds is 7. The monoisotopic (exact) mass is 344 g/mol. The summed E-state index contributed by atoms with van der Waals surface area (Å²) in [6, 6.07) is 10.4. The van der Waals surface area contributed by atoms with Crippen molar-refractivity contribution in [3.8, 4) is 5.75 Å². The number of amides is 1. The lowest BCUT2D eigenvalue weighted by Crippen LogP contribution is -2.41. The van der Waals surface area contributed by atoms with E-state index in [4.69, 9.17) is 9.47 Å². The summed E-state index contributed by atoms with van der Waals surface area (Å²) < 4.78 is 10.6. The van der Waals surface area contributed by atoms with Gasteiger partial charge < -0.3 is 19.4 Å². The number of pyridine rings is 1. The standard InChI is InChI=1S/C19H24N2O4/c1-13-9-16(10-18(22)20-13)19(23)21(14(2)12-24-3)11-15-7-5-6-8-17(15)25-4/h5-10,14H,11-12H2,1-4H3,(H,20,22). The number of nitrogens with zero attached hydrogens (tertiary/aromatic N) is 1. The number of nitrogens with one attached hydrogen (secondary N) is 1. The van der Waals surface area contributed by atoms with E-state index in [2.05, 4.69) is 4.98 Å². The van der Waals surface area contributed by atoms with Crippen molar-refractivity contribution in [3.63, 3.8) is 0 Å². The van der Waals surface area contributed by atoms with Gasteiger partial charge in [0, 0.05) is 30.0 Å². The second-order valence-corrected chi connectivity index (χ2v) is 5.97. The molecule has 1 aromatic carbocycles. The molecule has 1 aromatic heterocycles. The minimum absolute atomic E-state index is 0.165. The highest BCUT2D eigenvalue weighted by Crippen LogP contribution is 2.21. The predicted octanol–water partition coefficient (Wildman–Crippen LogP) is 2.37. The number of methoxy groups -OCH3 is 2. The fraction of sp³-hybridized carbons (Fsp3) is 0.368. The van der Waals surface area contributed by atoms with E-state index < -0.39 is 0 Å². The third-order valence-electron chi connectivity index (χ3n) is 3.96. The minimum atomic E-state index is -0.292. The van der Waals surface area contributed by atoms with E-state index in [-0.39, 0.29) is 17.5 Å². The van der Waals surface area contributed by atoms with Crippen molar-refractivity contribution in [1.82, 2.24) is 9.88 Å². The zero-order chi connectivity index (χ0) is 18.4. The van der Waals surface area contributed by atoms with Gasteiger partial charge in [-0.3, -0.25) is 9.59 Å². The zero-order valence-electron chi connectivity index (χ0n) is 15.0. The first-order chi connectivity index (χ1) is 12.0. The Morgan fingerprint density at radius 3 is 2.60 bits per heavy atom. The molecule has 2 aromatic rings. The molecule has 2 rings (SSSR count). The number of carbonyl (C=O) groups excluding carboxylic acids is 1. The predicted molar refractivity (Wildman–Crippen MR) is 96.0 cm³/mol. The summed E-state index contributed by atoms with van der Waals surface area (Å²) in [6.45, 7) is 4.42. The number of benzene rings is 1. The Bertz CT molecular complexity index is 785. The van der Waals surface area contributed by atoms with Gasteiger partial charge in [-0.15, -0.1) is 0 Å². The second kappa shape index (κ2) is 8.48. The molecular formula is C19H24N2O4. The molecule has 134 valence electrons. The van der Waals surface area contributed by atoms with Crippen LogP contribution in [0.5, 0.6) is 5.75 Å². The molecule has 0 spiro atoms. The van der Waals surface area contributed by atoms with Gasteiger partial charge in [-0.05, 0) is 26.0 Å². The molecule has 0 aliphatic heterocycles. The van der Waals surface area contributed by atoms with Crippen molar-refractivity contribution >= 4 is 5.91 Å². The number of H-pyrrole nitrogens is 1. The van der Waals surface area contributed by atoms with Crippen LogP contribution >= 0.6 is 0 Å². The average Bonchev–Trinajstić information content (AvgIpc) is 2.58. The fourth-order valence-corrected chi connectivity index (χ4v) is 2.75. The summed E-state index contributed by atoms with van der Waals surface area (Å²) in [5.41, 5.74) is 1.61. The topological polar surface area (TPSA) is 71.6 Å². The van der Waals surface area contributed by atoms with Crippen LogP contribution in [-0.4, -0.2) is 42.7 Å². The number of hydrogen-bond acceptors (Lipinski definition) is 4. The molecule has 0 aliphatic rings. The Labute approximate surface area is 147 Å². The Kier molecular flexibility index (Phi) is 6.36.